The summed E-state index contributed by atoms with van der Waals surface area (Å²) in [5.41, 5.74) is 0.875. The van der Waals surface area contributed by atoms with Crippen LogP contribution in [-0.4, -0.2) is 20.3 Å². The molecule has 0 aliphatic rings. The molecule has 2 aromatic rings. The van der Waals surface area contributed by atoms with Crippen LogP contribution in [-0.2, 0) is 6.61 Å². The van der Waals surface area contributed by atoms with Crippen molar-refractivity contribution in [1.82, 2.24) is 15.2 Å². The highest BCUT2D eigenvalue weighted by atomic mass is 79.9. The molecule has 0 unspecified atom stereocenters. The van der Waals surface area contributed by atoms with Crippen LogP contribution in [0.4, 0.5) is 0 Å². The Hall–Kier alpha value is -0.850. The van der Waals surface area contributed by atoms with E-state index in [1.807, 2.05) is 18.2 Å². The fourth-order valence-corrected chi connectivity index (χ4v) is 2.47. The second kappa shape index (κ2) is 4.78. The third-order valence-electron chi connectivity index (χ3n) is 1.80. The summed E-state index contributed by atoms with van der Waals surface area (Å²) >= 11 is 4.83. The molecule has 0 amide bonds. The lowest BCUT2D eigenvalue weighted by Gasteiger charge is -2.05. The van der Waals surface area contributed by atoms with Gasteiger partial charge in [-0.1, -0.05) is 22.0 Å². The minimum absolute atomic E-state index is 0.0176. The Morgan fingerprint density at radius 3 is 3.00 bits per heavy atom. The third kappa shape index (κ3) is 2.58. The summed E-state index contributed by atoms with van der Waals surface area (Å²) in [5, 5.41) is 16.4. The first-order valence-electron chi connectivity index (χ1n) is 4.22. The maximum absolute atomic E-state index is 9.16. The molecule has 0 saturated carbocycles. The molecule has 0 radical (unpaired) electrons. The first-order valence-corrected chi connectivity index (χ1v) is 5.83. The number of halogens is 1. The van der Waals surface area contributed by atoms with Gasteiger partial charge < -0.3 is 5.11 Å². The zero-order chi connectivity index (χ0) is 10.7. The molecule has 2 N–H and O–H groups in total. The number of hydrogen-bond donors (Lipinski definition) is 2. The van der Waals surface area contributed by atoms with Gasteiger partial charge >= 0.3 is 0 Å². The fraction of sp³-hybridized carbons (Fsp3) is 0.111. The molecule has 0 aliphatic carbocycles. The van der Waals surface area contributed by atoms with E-state index in [1.165, 1.54) is 18.1 Å². The van der Waals surface area contributed by atoms with Crippen molar-refractivity contribution in [2.24, 2.45) is 0 Å². The van der Waals surface area contributed by atoms with Gasteiger partial charge in [0.05, 0.1) is 6.61 Å². The summed E-state index contributed by atoms with van der Waals surface area (Å²) in [6.07, 6.45) is 1.46. The van der Waals surface area contributed by atoms with E-state index in [4.69, 9.17) is 5.11 Å². The molecule has 6 heteroatoms. The molecule has 0 saturated heterocycles. The van der Waals surface area contributed by atoms with Gasteiger partial charge in [-0.3, -0.25) is 5.10 Å². The maximum Gasteiger partial charge on any atom is 0.188 e. The molecule has 0 bridgehead atoms. The second-order valence-corrected chi connectivity index (χ2v) is 4.75. The predicted octanol–water partition coefficient (Wildman–Crippen LogP) is 2.21. The summed E-state index contributed by atoms with van der Waals surface area (Å²) in [5.74, 6) is 0. The predicted molar refractivity (Wildman–Crippen MR) is 60.6 cm³/mol. The van der Waals surface area contributed by atoms with Crippen LogP contribution in [0, 0.1) is 0 Å². The Morgan fingerprint density at radius 2 is 2.33 bits per heavy atom. The summed E-state index contributed by atoms with van der Waals surface area (Å²) in [6.45, 7) is 0.0176. The van der Waals surface area contributed by atoms with Gasteiger partial charge in [-0.2, -0.15) is 5.10 Å². The number of aromatic amines is 1. The highest BCUT2D eigenvalue weighted by molar-refractivity contribution is 9.10. The zero-order valence-electron chi connectivity index (χ0n) is 7.64. The van der Waals surface area contributed by atoms with E-state index in [1.54, 1.807) is 0 Å². The number of nitrogens with zero attached hydrogens (tertiary/aromatic N) is 2. The lowest BCUT2D eigenvalue weighted by molar-refractivity contribution is 0.279. The van der Waals surface area contributed by atoms with Gasteiger partial charge in [0.2, 0.25) is 0 Å². The number of aliphatic hydroxyl groups is 1. The van der Waals surface area contributed by atoms with E-state index in [2.05, 4.69) is 31.1 Å². The number of benzene rings is 1. The molecule has 0 aliphatic heterocycles. The molecule has 1 aromatic carbocycles. The minimum atomic E-state index is 0.0176. The van der Waals surface area contributed by atoms with Gasteiger partial charge in [0.25, 0.3) is 0 Å². The molecular formula is C9H8BrN3OS. The minimum Gasteiger partial charge on any atom is -0.392 e. The molecule has 2 rings (SSSR count). The number of hydrogen-bond acceptors (Lipinski definition) is 4. The van der Waals surface area contributed by atoms with E-state index < -0.39 is 0 Å². The van der Waals surface area contributed by atoms with Gasteiger partial charge in [0.1, 0.15) is 6.33 Å². The highest BCUT2D eigenvalue weighted by Crippen LogP contribution is 2.30. The number of aromatic nitrogens is 3. The molecule has 0 spiro atoms. The summed E-state index contributed by atoms with van der Waals surface area (Å²) in [6, 6.07) is 5.72. The van der Waals surface area contributed by atoms with Gasteiger partial charge in [0.15, 0.2) is 5.16 Å². The first kappa shape index (κ1) is 10.7. The molecule has 15 heavy (non-hydrogen) atoms. The van der Waals surface area contributed by atoms with Crippen LogP contribution in [0.15, 0.2) is 39.1 Å². The molecule has 0 atom stereocenters. The van der Waals surface area contributed by atoms with Gasteiger partial charge in [-0.15, -0.1) is 0 Å². The smallest absolute Gasteiger partial charge is 0.188 e. The van der Waals surface area contributed by atoms with Crippen molar-refractivity contribution < 1.29 is 5.11 Å². The monoisotopic (exact) mass is 285 g/mol. The Morgan fingerprint density at radius 1 is 1.47 bits per heavy atom. The quantitative estimate of drug-likeness (QED) is 0.908. The first-order chi connectivity index (χ1) is 7.29. The van der Waals surface area contributed by atoms with Crippen LogP contribution in [0.3, 0.4) is 0 Å². The number of H-pyrrole nitrogens is 1. The van der Waals surface area contributed by atoms with Gasteiger partial charge in [-0.25, -0.2) is 4.98 Å². The van der Waals surface area contributed by atoms with Crippen molar-refractivity contribution in [2.45, 2.75) is 16.7 Å². The van der Waals surface area contributed by atoms with Crippen LogP contribution in [0.25, 0.3) is 0 Å². The standard InChI is InChI=1S/C9H8BrN3OS/c10-7-2-1-6(4-14)8(3-7)15-9-11-5-12-13-9/h1-3,5,14H,4H2,(H,11,12,13). The Balaban J connectivity index is 2.30. The van der Waals surface area contributed by atoms with E-state index in [0.717, 1.165) is 14.9 Å². The summed E-state index contributed by atoms with van der Waals surface area (Å²) in [7, 11) is 0. The van der Waals surface area contributed by atoms with Gasteiger partial charge in [0, 0.05) is 9.37 Å². The number of nitrogens with one attached hydrogen (secondary N) is 1. The van der Waals surface area contributed by atoms with Crippen LogP contribution >= 0.6 is 27.7 Å². The van der Waals surface area contributed by atoms with Crippen molar-refractivity contribution in [3.8, 4) is 0 Å². The van der Waals surface area contributed by atoms with Gasteiger partial charge in [-0.05, 0) is 29.5 Å². The second-order valence-electron chi connectivity index (χ2n) is 2.80. The highest BCUT2D eigenvalue weighted by Gasteiger charge is 2.06. The zero-order valence-corrected chi connectivity index (χ0v) is 10.0. The summed E-state index contributed by atoms with van der Waals surface area (Å²) in [4.78, 5) is 4.98. The van der Waals surface area contributed by atoms with E-state index in [0.29, 0.717) is 5.16 Å². The largest absolute Gasteiger partial charge is 0.392 e. The lowest BCUT2D eigenvalue weighted by atomic mass is 10.2. The normalized spacial score (nSPS) is 10.5. The van der Waals surface area contributed by atoms with E-state index >= 15 is 0 Å². The van der Waals surface area contributed by atoms with Crippen LogP contribution < -0.4 is 0 Å². The van der Waals surface area contributed by atoms with Crippen molar-refractivity contribution in [2.75, 3.05) is 0 Å². The van der Waals surface area contributed by atoms with Crippen molar-refractivity contribution in [3.05, 3.63) is 34.6 Å². The maximum atomic E-state index is 9.16. The molecule has 1 aromatic heterocycles. The van der Waals surface area contributed by atoms with Crippen LogP contribution in [0.2, 0.25) is 0 Å². The average molecular weight is 286 g/mol. The van der Waals surface area contributed by atoms with Crippen molar-refractivity contribution in [3.63, 3.8) is 0 Å². The molecule has 1 heterocycles. The molecule has 0 fully saturated rings. The van der Waals surface area contributed by atoms with E-state index in [9.17, 15) is 0 Å². The average Bonchev–Trinajstić information content (AvgIpc) is 2.71. The topological polar surface area (TPSA) is 61.8 Å². The SMILES string of the molecule is OCc1ccc(Br)cc1Sc1ncn[nH]1. The lowest BCUT2D eigenvalue weighted by Crippen LogP contribution is -1.88. The molecule has 4 nitrogen and oxygen atoms in total. The molecular weight excluding hydrogens is 278 g/mol. The Labute approximate surface area is 99.3 Å². The van der Waals surface area contributed by atoms with Crippen molar-refractivity contribution in [1.29, 1.82) is 0 Å². The summed E-state index contributed by atoms with van der Waals surface area (Å²) < 4.78 is 0.974. The van der Waals surface area contributed by atoms with Crippen LogP contribution in [0.5, 0.6) is 0 Å². The number of aliphatic hydroxyl groups excluding tert-OH is 1. The van der Waals surface area contributed by atoms with Crippen molar-refractivity contribution >= 4 is 27.7 Å². The van der Waals surface area contributed by atoms with Crippen LogP contribution in [0.1, 0.15) is 5.56 Å². The van der Waals surface area contributed by atoms with E-state index in [-0.39, 0.29) is 6.61 Å². The Kier molecular flexibility index (Phi) is 3.40. The number of rotatable bonds is 3. The third-order valence-corrected chi connectivity index (χ3v) is 3.28. The Bertz CT molecular complexity index is 447. The fourth-order valence-electron chi connectivity index (χ4n) is 1.10. The molecule has 78 valence electrons.